The van der Waals surface area contributed by atoms with Gasteiger partial charge in [0.25, 0.3) is 0 Å². The topological polar surface area (TPSA) is 63.3 Å². The molecule has 0 saturated heterocycles. The molecule has 0 aromatic heterocycles. The number of carboxylic acids is 1. The monoisotopic (exact) mass is 209 g/mol. The number of carboxylic acid groups (broad SMARTS) is 1. The van der Waals surface area contributed by atoms with E-state index in [2.05, 4.69) is 0 Å². The van der Waals surface area contributed by atoms with Crippen LogP contribution in [0.1, 0.15) is 6.92 Å². The van der Waals surface area contributed by atoms with Gasteiger partial charge in [0.15, 0.2) is 0 Å². The van der Waals surface area contributed by atoms with Crippen LogP contribution in [0.5, 0.6) is 0 Å². The average Bonchev–Trinajstić information content (AvgIpc) is 1.88. The second-order valence-corrected chi connectivity index (χ2v) is 3.72. The normalized spacial score (nSPS) is 13.8. The molecule has 0 aromatic carbocycles. The van der Waals surface area contributed by atoms with Crippen molar-refractivity contribution in [2.24, 2.45) is 5.73 Å². The van der Waals surface area contributed by atoms with Crippen molar-refractivity contribution >= 4 is 20.9 Å². The van der Waals surface area contributed by atoms with Gasteiger partial charge in [0.1, 0.15) is 0 Å². The Bertz CT molecular complexity index is 136. The summed E-state index contributed by atoms with van der Waals surface area (Å²) in [6.07, 6.45) is 1.91. The Labute approximate surface area is 66.5 Å². The average molecular weight is 208 g/mol. The molecule has 4 heteroatoms. The van der Waals surface area contributed by atoms with Gasteiger partial charge in [0.2, 0.25) is 0 Å². The van der Waals surface area contributed by atoms with E-state index < -0.39 is 12.0 Å². The van der Waals surface area contributed by atoms with E-state index in [4.69, 9.17) is 10.8 Å². The van der Waals surface area contributed by atoms with Crippen molar-refractivity contribution in [3.05, 3.63) is 11.1 Å². The minimum absolute atomic E-state index is 0.243. The predicted molar refractivity (Wildman–Crippen MR) is 41.0 cm³/mol. The first-order valence-electron chi connectivity index (χ1n) is 2.89. The van der Waals surface area contributed by atoms with Gasteiger partial charge in [0, 0.05) is 0 Å². The Kier molecular flexibility index (Phi) is 5.30. The summed E-state index contributed by atoms with van der Waals surface area (Å²) in [4.78, 5) is 12.1. The van der Waals surface area contributed by atoms with Gasteiger partial charge in [0.05, 0.1) is 0 Å². The number of aliphatic carboxylic acids is 1. The van der Waals surface area contributed by atoms with Gasteiger partial charge in [-0.25, -0.2) is 0 Å². The fourth-order valence-corrected chi connectivity index (χ4v) is 1.70. The SMILES string of the molecule is CC=C[Se]C[C@H](N)C(=O)O. The van der Waals surface area contributed by atoms with E-state index in [1.54, 1.807) is 0 Å². The van der Waals surface area contributed by atoms with Crippen LogP contribution in [0.3, 0.4) is 0 Å². The summed E-state index contributed by atoms with van der Waals surface area (Å²) in [5.74, 6) is -0.911. The molecule has 0 amide bonds. The summed E-state index contributed by atoms with van der Waals surface area (Å²) < 4.78 is 0. The Morgan fingerprint density at radius 2 is 2.50 bits per heavy atom. The van der Waals surface area contributed by atoms with Gasteiger partial charge >= 0.3 is 65.9 Å². The number of carbonyl (C=O) groups is 1. The summed E-state index contributed by atoms with van der Waals surface area (Å²) in [6, 6.07) is -0.684. The molecule has 0 aliphatic heterocycles. The second kappa shape index (κ2) is 5.47. The van der Waals surface area contributed by atoms with Crippen molar-refractivity contribution in [1.29, 1.82) is 0 Å². The molecular formula is C6H11NO2Se. The molecule has 1 atom stereocenters. The maximum absolute atomic E-state index is 10.2. The quantitative estimate of drug-likeness (QED) is 0.642. The molecule has 0 bridgehead atoms. The van der Waals surface area contributed by atoms with Crippen LogP contribution in [0.2, 0.25) is 5.32 Å². The Balaban J connectivity index is 3.39. The third-order valence-corrected chi connectivity index (χ3v) is 2.96. The van der Waals surface area contributed by atoms with Crippen LogP contribution >= 0.6 is 0 Å². The molecule has 0 radical (unpaired) electrons. The van der Waals surface area contributed by atoms with E-state index >= 15 is 0 Å². The van der Waals surface area contributed by atoms with Crippen molar-refractivity contribution in [2.45, 2.75) is 18.3 Å². The molecule has 0 spiro atoms. The van der Waals surface area contributed by atoms with Crippen LogP contribution in [-0.2, 0) is 4.79 Å². The fourth-order valence-electron chi connectivity index (χ4n) is 0.327. The number of hydrogen-bond acceptors (Lipinski definition) is 2. The number of nitrogens with two attached hydrogens (primary N) is 1. The van der Waals surface area contributed by atoms with E-state index in [9.17, 15) is 4.79 Å². The molecule has 3 N–H and O–H groups in total. The number of rotatable bonds is 4. The third kappa shape index (κ3) is 4.56. The van der Waals surface area contributed by atoms with Crippen LogP contribution in [0.4, 0.5) is 0 Å². The number of allylic oxidation sites excluding steroid dienone is 1. The van der Waals surface area contributed by atoms with Gasteiger partial charge in [-0.1, -0.05) is 0 Å². The Hall–Kier alpha value is -0.311. The van der Waals surface area contributed by atoms with E-state index in [1.165, 1.54) is 0 Å². The molecule has 58 valence electrons. The van der Waals surface area contributed by atoms with Gasteiger partial charge in [-0.05, 0) is 0 Å². The zero-order valence-electron chi connectivity index (χ0n) is 5.78. The summed E-state index contributed by atoms with van der Waals surface area (Å²) in [6.45, 7) is 1.91. The van der Waals surface area contributed by atoms with Gasteiger partial charge in [-0.2, -0.15) is 0 Å². The fraction of sp³-hybridized carbons (Fsp3) is 0.500. The van der Waals surface area contributed by atoms with Crippen LogP contribution in [0, 0.1) is 0 Å². The molecule has 10 heavy (non-hydrogen) atoms. The van der Waals surface area contributed by atoms with Crippen molar-refractivity contribution in [1.82, 2.24) is 0 Å². The maximum atomic E-state index is 10.2. The summed E-state index contributed by atoms with van der Waals surface area (Å²) >= 11 is 0.243. The minimum atomic E-state index is -0.911. The molecule has 3 nitrogen and oxygen atoms in total. The molecule has 0 unspecified atom stereocenters. The number of hydrogen-bond donors (Lipinski definition) is 2. The molecule has 0 aliphatic rings. The molecule has 0 saturated carbocycles. The van der Waals surface area contributed by atoms with E-state index in [1.807, 2.05) is 18.0 Å². The molecule has 0 aromatic rings. The summed E-state index contributed by atoms with van der Waals surface area (Å²) in [7, 11) is 0. The van der Waals surface area contributed by atoms with Gasteiger partial charge in [-0.3, -0.25) is 0 Å². The van der Waals surface area contributed by atoms with Crippen LogP contribution in [0.25, 0.3) is 0 Å². The van der Waals surface area contributed by atoms with Crippen molar-refractivity contribution in [3.63, 3.8) is 0 Å². The summed E-state index contributed by atoms with van der Waals surface area (Å²) in [5, 5.41) is 8.92. The first-order valence-corrected chi connectivity index (χ1v) is 5.09. The van der Waals surface area contributed by atoms with E-state index in [0.29, 0.717) is 5.32 Å². The van der Waals surface area contributed by atoms with Gasteiger partial charge in [-0.15, -0.1) is 0 Å². The molecule has 0 fully saturated rings. The van der Waals surface area contributed by atoms with Gasteiger partial charge < -0.3 is 0 Å². The predicted octanol–water partition coefficient (Wildman–Crippen LogP) is 0.0544. The van der Waals surface area contributed by atoms with Crippen molar-refractivity contribution in [3.8, 4) is 0 Å². The van der Waals surface area contributed by atoms with Crippen LogP contribution in [0.15, 0.2) is 11.1 Å². The molecule has 0 rings (SSSR count). The zero-order chi connectivity index (χ0) is 7.98. The first kappa shape index (κ1) is 9.69. The third-order valence-electron chi connectivity index (χ3n) is 0.825. The Morgan fingerprint density at radius 1 is 1.90 bits per heavy atom. The molecular weight excluding hydrogens is 197 g/mol. The van der Waals surface area contributed by atoms with Crippen LogP contribution < -0.4 is 5.73 Å². The Morgan fingerprint density at radius 3 is 2.90 bits per heavy atom. The molecule has 0 aliphatic carbocycles. The summed E-state index contributed by atoms with van der Waals surface area (Å²) in [5.41, 5.74) is 5.24. The van der Waals surface area contributed by atoms with E-state index in [0.717, 1.165) is 0 Å². The zero-order valence-corrected chi connectivity index (χ0v) is 7.49. The van der Waals surface area contributed by atoms with E-state index in [-0.39, 0.29) is 15.0 Å². The molecule has 0 heterocycles. The standard InChI is InChI=1S/C6H11NO2Se/c1-2-3-10-4-5(7)6(8)9/h2-3,5H,4,7H2,1H3,(H,8,9)/t5-/m0/s1. The van der Waals surface area contributed by atoms with Crippen molar-refractivity contribution < 1.29 is 9.90 Å². The van der Waals surface area contributed by atoms with Crippen molar-refractivity contribution in [2.75, 3.05) is 0 Å². The van der Waals surface area contributed by atoms with Crippen LogP contribution in [-0.4, -0.2) is 32.1 Å². The second-order valence-electron chi connectivity index (χ2n) is 1.75. The first-order chi connectivity index (χ1) is 4.68.